The van der Waals surface area contributed by atoms with E-state index < -0.39 is 35.1 Å². The summed E-state index contributed by atoms with van der Waals surface area (Å²) in [7, 11) is 4.18. The van der Waals surface area contributed by atoms with E-state index in [-0.39, 0.29) is 22.8 Å². The number of esters is 1. The summed E-state index contributed by atoms with van der Waals surface area (Å²) in [5.41, 5.74) is -2.48. The molecular weight excluding hydrogens is 464 g/mol. The van der Waals surface area contributed by atoms with Gasteiger partial charge in [0.2, 0.25) is 0 Å². The van der Waals surface area contributed by atoms with Crippen molar-refractivity contribution in [3.63, 3.8) is 0 Å². The maximum atomic E-state index is 13.2. The highest BCUT2D eigenvalue weighted by molar-refractivity contribution is 5.78. The third kappa shape index (κ3) is 3.11. The summed E-state index contributed by atoms with van der Waals surface area (Å²) in [5.74, 6) is -2.00. The Bertz CT molecular complexity index is 1280. The van der Waals surface area contributed by atoms with Crippen molar-refractivity contribution in [3.8, 4) is 23.0 Å². The quantitative estimate of drug-likeness (QED) is 0.546. The molecular formula is C28H28O8. The van der Waals surface area contributed by atoms with E-state index in [1.807, 2.05) is 30.4 Å². The Morgan fingerprint density at radius 2 is 1.83 bits per heavy atom. The van der Waals surface area contributed by atoms with Crippen LogP contribution >= 0.6 is 0 Å². The summed E-state index contributed by atoms with van der Waals surface area (Å²) in [5, 5.41) is 34.8. The number of methoxy groups -OCH3 is 3. The number of ether oxygens (including phenoxy) is 4. The minimum atomic E-state index is -2.14. The van der Waals surface area contributed by atoms with Crippen molar-refractivity contribution in [1.29, 1.82) is 0 Å². The summed E-state index contributed by atoms with van der Waals surface area (Å²) in [6, 6.07) is 9.63. The Labute approximate surface area is 208 Å². The number of aliphatic hydroxyl groups is 2. The first-order valence-electron chi connectivity index (χ1n) is 11.6. The molecule has 1 aliphatic heterocycles. The SMILES string of the molecule is COC(=O)[C@@H]1C(C2=CCC=CC=C2)C2(c3ccc(OC)cc3)Oc3cc(O)cc(OC)c3[C@]2(O)[C@@H]1O. The van der Waals surface area contributed by atoms with E-state index in [9.17, 15) is 20.1 Å². The molecule has 3 aliphatic rings. The number of hydrogen-bond donors (Lipinski definition) is 3. The molecule has 5 atom stereocenters. The van der Waals surface area contributed by atoms with Crippen LogP contribution < -0.4 is 14.2 Å². The minimum absolute atomic E-state index is 0.123. The van der Waals surface area contributed by atoms with Gasteiger partial charge in [-0.3, -0.25) is 4.79 Å². The summed E-state index contributed by atoms with van der Waals surface area (Å²) in [6.07, 6.45) is 8.41. The molecule has 1 heterocycles. The van der Waals surface area contributed by atoms with Crippen molar-refractivity contribution in [2.75, 3.05) is 21.3 Å². The third-order valence-corrected chi connectivity index (χ3v) is 7.43. The molecule has 0 saturated heterocycles. The first-order chi connectivity index (χ1) is 17.3. The van der Waals surface area contributed by atoms with Crippen LogP contribution in [0.4, 0.5) is 0 Å². The normalized spacial score (nSPS) is 30.0. The van der Waals surface area contributed by atoms with E-state index in [1.165, 1.54) is 26.4 Å². The molecule has 0 aromatic heterocycles. The first-order valence-corrected chi connectivity index (χ1v) is 11.6. The van der Waals surface area contributed by atoms with Gasteiger partial charge in [-0.15, -0.1) is 0 Å². The fourth-order valence-corrected chi connectivity index (χ4v) is 5.96. The lowest BCUT2D eigenvalue weighted by Gasteiger charge is -2.41. The molecule has 2 aliphatic carbocycles. The number of carbonyl (C=O) groups is 1. The Morgan fingerprint density at radius 1 is 1.08 bits per heavy atom. The summed E-state index contributed by atoms with van der Waals surface area (Å²) < 4.78 is 22.6. The van der Waals surface area contributed by atoms with Crippen LogP contribution in [0, 0.1) is 11.8 Å². The molecule has 188 valence electrons. The molecule has 1 fully saturated rings. The summed E-state index contributed by atoms with van der Waals surface area (Å²) in [4.78, 5) is 13.2. The number of phenolic OH excluding ortho intramolecular Hbond substituents is 1. The minimum Gasteiger partial charge on any atom is -0.508 e. The summed E-state index contributed by atoms with van der Waals surface area (Å²) >= 11 is 0. The van der Waals surface area contributed by atoms with E-state index in [1.54, 1.807) is 31.4 Å². The van der Waals surface area contributed by atoms with E-state index in [4.69, 9.17) is 18.9 Å². The Hall–Kier alpha value is -3.75. The lowest BCUT2D eigenvalue weighted by Crippen LogP contribution is -2.52. The number of rotatable bonds is 5. The number of hydrogen-bond acceptors (Lipinski definition) is 8. The van der Waals surface area contributed by atoms with Crippen molar-refractivity contribution in [2.24, 2.45) is 11.8 Å². The van der Waals surface area contributed by atoms with Crippen molar-refractivity contribution >= 4 is 5.97 Å². The van der Waals surface area contributed by atoms with Crippen LogP contribution in [-0.4, -0.2) is 48.7 Å². The number of fused-ring (bicyclic) bond motifs is 3. The number of benzene rings is 2. The van der Waals surface area contributed by atoms with Crippen LogP contribution in [-0.2, 0) is 20.7 Å². The molecule has 3 N–H and O–H groups in total. The Balaban J connectivity index is 1.87. The molecule has 0 spiro atoms. The van der Waals surface area contributed by atoms with Gasteiger partial charge in [0.25, 0.3) is 0 Å². The molecule has 8 nitrogen and oxygen atoms in total. The van der Waals surface area contributed by atoms with Crippen LogP contribution in [0.2, 0.25) is 0 Å². The standard InChI is InChI=1S/C28H28O8/c1-33-19-12-10-17(11-13-19)28-23(16-8-6-4-5-7-9-16)22(26(31)35-3)25(30)27(28,32)24-20(34-2)14-18(29)15-21(24)36-28/h4-6,8-15,22-23,25,29-30,32H,7H2,1-3H3/t22-,23?,25-,27+,28?/m1/s1. The molecule has 8 heteroatoms. The van der Waals surface area contributed by atoms with Crippen molar-refractivity contribution in [2.45, 2.75) is 23.7 Å². The smallest absolute Gasteiger partial charge is 0.312 e. The number of aliphatic hydroxyl groups excluding tert-OH is 1. The van der Waals surface area contributed by atoms with Crippen molar-refractivity contribution < 1.29 is 39.1 Å². The third-order valence-electron chi connectivity index (χ3n) is 7.43. The molecule has 2 aromatic rings. The maximum absolute atomic E-state index is 13.2. The van der Waals surface area contributed by atoms with Gasteiger partial charge in [-0.1, -0.05) is 42.5 Å². The van der Waals surface area contributed by atoms with Crippen LogP contribution in [0.15, 0.2) is 72.4 Å². The van der Waals surface area contributed by atoms with Gasteiger partial charge in [0.05, 0.1) is 32.8 Å². The van der Waals surface area contributed by atoms with Gasteiger partial charge < -0.3 is 34.3 Å². The second kappa shape index (κ2) is 8.72. The molecule has 2 unspecified atom stereocenters. The molecule has 0 amide bonds. The van der Waals surface area contributed by atoms with Crippen molar-refractivity contribution in [3.05, 3.63) is 83.5 Å². The number of carbonyl (C=O) groups excluding carboxylic acids is 1. The lowest BCUT2D eigenvalue weighted by atomic mass is 9.70. The molecule has 0 bridgehead atoms. The second-order valence-corrected chi connectivity index (χ2v) is 9.05. The van der Waals surface area contributed by atoms with Gasteiger partial charge in [0, 0.05) is 18.1 Å². The highest BCUT2D eigenvalue weighted by Gasteiger charge is 2.78. The van der Waals surface area contributed by atoms with E-state index in [0.717, 1.165) is 0 Å². The fraction of sp³-hybridized carbons (Fsp3) is 0.321. The van der Waals surface area contributed by atoms with Crippen molar-refractivity contribution in [1.82, 2.24) is 0 Å². The number of phenols is 1. The van der Waals surface area contributed by atoms with Crippen LogP contribution in [0.5, 0.6) is 23.0 Å². The second-order valence-electron chi connectivity index (χ2n) is 9.05. The van der Waals surface area contributed by atoms with E-state index >= 15 is 0 Å². The van der Waals surface area contributed by atoms with Gasteiger partial charge in [0.15, 0.2) is 11.2 Å². The van der Waals surface area contributed by atoms with Crippen LogP contribution in [0.1, 0.15) is 17.5 Å². The predicted octanol–water partition coefficient (Wildman–Crippen LogP) is 3.11. The maximum Gasteiger partial charge on any atom is 0.312 e. The largest absolute Gasteiger partial charge is 0.508 e. The zero-order chi connectivity index (χ0) is 25.7. The number of aromatic hydroxyl groups is 1. The molecule has 1 saturated carbocycles. The lowest BCUT2D eigenvalue weighted by molar-refractivity contribution is -0.161. The van der Waals surface area contributed by atoms with Crippen LogP contribution in [0.3, 0.4) is 0 Å². The van der Waals surface area contributed by atoms with E-state index in [2.05, 4.69) is 0 Å². The van der Waals surface area contributed by atoms with Gasteiger partial charge in [-0.2, -0.15) is 0 Å². The van der Waals surface area contributed by atoms with Gasteiger partial charge in [-0.05, 0) is 29.7 Å². The number of allylic oxidation sites excluding steroid dienone is 5. The van der Waals surface area contributed by atoms with Gasteiger partial charge in [-0.25, -0.2) is 0 Å². The average molecular weight is 493 g/mol. The summed E-state index contributed by atoms with van der Waals surface area (Å²) in [6.45, 7) is 0. The fourth-order valence-electron chi connectivity index (χ4n) is 5.96. The zero-order valence-electron chi connectivity index (χ0n) is 20.2. The average Bonchev–Trinajstić information content (AvgIpc) is 3.10. The molecule has 36 heavy (non-hydrogen) atoms. The topological polar surface area (TPSA) is 115 Å². The van der Waals surface area contributed by atoms with Crippen LogP contribution in [0.25, 0.3) is 0 Å². The highest BCUT2D eigenvalue weighted by Crippen LogP contribution is 2.69. The van der Waals surface area contributed by atoms with E-state index in [0.29, 0.717) is 23.3 Å². The monoisotopic (exact) mass is 492 g/mol. The molecule has 0 radical (unpaired) electrons. The first kappa shape index (κ1) is 24.0. The highest BCUT2D eigenvalue weighted by atomic mass is 16.5. The Morgan fingerprint density at radius 3 is 2.50 bits per heavy atom. The van der Waals surface area contributed by atoms with Gasteiger partial charge >= 0.3 is 5.97 Å². The van der Waals surface area contributed by atoms with Gasteiger partial charge in [0.1, 0.15) is 29.1 Å². The zero-order valence-corrected chi connectivity index (χ0v) is 20.2. The molecule has 2 aromatic carbocycles. The predicted molar refractivity (Wildman–Crippen MR) is 130 cm³/mol. The Kier molecular flexibility index (Phi) is 5.81. The molecule has 5 rings (SSSR count).